The molecule has 0 bridgehead atoms. The third-order valence-electron chi connectivity index (χ3n) is 6.76. The minimum Gasteiger partial charge on any atom is -0.454 e. The SMILES string of the molecule is C[N+]12CCC1C[C@H](OC(=O)[C@](O)(c1ccccc1)C1CCCC1)C2. The van der Waals surface area contributed by atoms with Crippen LogP contribution in [0.15, 0.2) is 30.3 Å². The molecule has 2 unspecified atom stereocenters. The van der Waals surface area contributed by atoms with Gasteiger partial charge in [0.15, 0.2) is 11.7 Å². The summed E-state index contributed by atoms with van der Waals surface area (Å²) in [5.41, 5.74) is -0.809. The first kappa shape index (κ1) is 16.1. The van der Waals surface area contributed by atoms with Crippen molar-refractivity contribution in [2.45, 2.75) is 56.3 Å². The Morgan fingerprint density at radius 2 is 1.92 bits per heavy atom. The maximum atomic E-state index is 13.1. The standard InChI is InChI=1S/C20H28NO3/c1-21-12-11-17(21)13-18(14-21)24-19(22)20(23,16-9-5-6-10-16)15-7-3-2-4-8-15/h2-4,7-8,16-18,23H,5-6,9-14H2,1H3/q+1/t17?,18-,20-,21?/m0/s1. The summed E-state index contributed by atoms with van der Waals surface area (Å²) < 4.78 is 6.92. The molecular weight excluding hydrogens is 302 g/mol. The number of hydrogen-bond acceptors (Lipinski definition) is 3. The summed E-state index contributed by atoms with van der Waals surface area (Å²) in [6.07, 6.45) is 6.06. The Balaban J connectivity index is 1.56. The van der Waals surface area contributed by atoms with E-state index in [2.05, 4.69) is 7.05 Å². The molecule has 0 spiro atoms. The Bertz CT molecular complexity index is 613. The van der Waals surface area contributed by atoms with Crippen molar-refractivity contribution in [2.24, 2.45) is 5.92 Å². The highest BCUT2D eigenvalue weighted by Gasteiger charge is 2.54. The predicted octanol–water partition coefficient (Wildman–Crippen LogP) is 2.60. The van der Waals surface area contributed by atoms with Crippen LogP contribution in [0.4, 0.5) is 0 Å². The minimum atomic E-state index is -1.49. The lowest BCUT2D eigenvalue weighted by atomic mass is 9.80. The lowest BCUT2D eigenvalue weighted by Gasteiger charge is -2.44. The molecule has 0 radical (unpaired) electrons. The lowest BCUT2D eigenvalue weighted by Crippen LogP contribution is -2.58. The van der Waals surface area contributed by atoms with Crippen LogP contribution in [0, 0.1) is 5.92 Å². The Morgan fingerprint density at radius 1 is 1.21 bits per heavy atom. The smallest absolute Gasteiger partial charge is 0.343 e. The normalized spacial score (nSPS) is 35.1. The van der Waals surface area contributed by atoms with Gasteiger partial charge in [-0.2, -0.15) is 0 Å². The van der Waals surface area contributed by atoms with E-state index in [0.29, 0.717) is 11.6 Å². The molecule has 1 aliphatic carbocycles. The van der Waals surface area contributed by atoms with Gasteiger partial charge in [-0.3, -0.25) is 0 Å². The van der Waals surface area contributed by atoms with Gasteiger partial charge in [0.1, 0.15) is 6.54 Å². The van der Waals surface area contributed by atoms with E-state index in [1.165, 1.54) is 13.0 Å². The highest BCUT2D eigenvalue weighted by atomic mass is 16.6. The van der Waals surface area contributed by atoms with Gasteiger partial charge in [-0.25, -0.2) is 4.79 Å². The summed E-state index contributed by atoms with van der Waals surface area (Å²) in [5, 5.41) is 11.4. The van der Waals surface area contributed by atoms with E-state index in [1.807, 2.05) is 30.3 Å². The van der Waals surface area contributed by atoms with Crippen LogP contribution in [-0.2, 0) is 15.1 Å². The number of aliphatic hydroxyl groups is 1. The van der Waals surface area contributed by atoms with Crippen LogP contribution >= 0.6 is 0 Å². The Morgan fingerprint density at radius 3 is 2.46 bits per heavy atom. The maximum absolute atomic E-state index is 13.1. The van der Waals surface area contributed by atoms with Crippen LogP contribution in [0.5, 0.6) is 0 Å². The van der Waals surface area contributed by atoms with Gasteiger partial charge in [0.05, 0.1) is 19.6 Å². The third kappa shape index (κ3) is 2.47. The molecule has 4 heteroatoms. The summed E-state index contributed by atoms with van der Waals surface area (Å²) in [6.45, 7) is 2.08. The van der Waals surface area contributed by atoms with Crippen LogP contribution < -0.4 is 0 Å². The molecule has 2 saturated heterocycles. The molecular formula is C20H28NO3+. The monoisotopic (exact) mass is 330 g/mol. The van der Waals surface area contributed by atoms with Gasteiger partial charge in [-0.1, -0.05) is 43.2 Å². The number of fused-ring (bicyclic) bond motifs is 1. The second-order valence-corrected chi connectivity index (χ2v) is 8.20. The van der Waals surface area contributed by atoms with Crippen molar-refractivity contribution in [1.29, 1.82) is 0 Å². The summed E-state index contributed by atoms with van der Waals surface area (Å²) >= 11 is 0. The number of esters is 1. The van der Waals surface area contributed by atoms with Crippen molar-refractivity contribution >= 4 is 5.97 Å². The fourth-order valence-electron chi connectivity index (χ4n) is 5.09. The summed E-state index contributed by atoms with van der Waals surface area (Å²) in [4.78, 5) is 13.1. The first-order valence-corrected chi connectivity index (χ1v) is 9.35. The van der Waals surface area contributed by atoms with Gasteiger partial charge in [0.2, 0.25) is 0 Å². The van der Waals surface area contributed by atoms with Crippen LogP contribution in [0.1, 0.15) is 44.1 Å². The fraction of sp³-hybridized carbons (Fsp3) is 0.650. The topological polar surface area (TPSA) is 46.5 Å². The van der Waals surface area contributed by atoms with Crippen molar-refractivity contribution < 1.29 is 19.1 Å². The van der Waals surface area contributed by atoms with Gasteiger partial charge in [0, 0.05) is 18.8 Å². The van der Waals surface area contributed by atoms with Gasteiger partial charge < -0.3 is 14.3 Å². The van der Waals surface area contributed by atoms with E-state index < -0.39 is 11.6 Å². The number of carbonyl (C=O) groups is 1. The fourth-order valence-corrected chi connectivity index (χ4v) is 5.09. The average Bonchev–Trinajstić information content (AvgIpc) is 3.19. The highest BCUT2D eigenvalue weighted by molar-refractivity contribution is 5.81. The molecule has 130 valence electrons. The highest BCUT2D eigenvalue weighted by Crippen LogP contribution is 2.43. The van der Waals surface area contributed by atoms with Crippen LogP contribution in [0.2, 0.25) is 0 Å². The van der Waals surface area contributed by atoms with E-state index in [0.717, 1.165) is 43.1 Å². The van der Waals surface area contributed by atoms with Gasteiger partial charge >= 0.3 is 5.97 Å². The number of likely N-dealkylation sites (N-methyl/N-ethyl adjacent to an activating group) is 1. The van der Waals surface area contributed by atoms with E-state index >= 15 is 0 Å². The average molecular weight is 330 g/mol. The van der Waals surface area contributed by atoms with Crippen molar-refractivity contribution in [2.75, 3.05) is 20.1 Å². The molecule has 1 N–H and O–H groups in total. The second-order valence-electron chi connectivity index (χ2n) is 8.20. The minimum absolute atomic E-state index is 0.0319. The van der Waals surface area contributed by atoms with E-state index in [9.17, 15) is 9.90 Å². The van der Waals surface area contributed by atoms with Crippen LogP contribution in [0.25, 0.3) is 0 Å². The van der Waals surface area contributed by atoms with E-state index in [4.69, 9.17) is 4.74 Å². The lowest BCUT2D eigenvalue weighted by molar-refractivity contribution is -0.960. The molecule has 1 saturated carbocycles. The first-order chi connectivity index (χ1) is 11.5. The van der Waals surface area contributed by atoms with Gasteiger partial charge in [-0.05, 0) is 18.4 Å². The zero-order valence-corrected chi connectivity index (χ0v) is 14.5. The molecule has 0 aromatic heterocycles. The molecule has 1 aromatic carbocycles. The molecule has 24 heavy (non-hydrogen) atoms. The van der Waals surface area contributed by atoms with Crippen molar-refractivity contribution in [1.82, 2.24) is 0 Å². The number of rotatable bonds is 4. The number of nitrogens with zero attached hydrogens (tertiary/aromatic N) is 1. The Labute approximate surface area is 144 Å². The molecule has 4 rings (SSSR count). The number of quaternary nitrogens is 1. The number of benzene rings is 1. The summed E-state index contributed by atoms with van der Waals surface area (Å²) in [6, 6.07) is 10.0. The number of carbonyl (C=O) groups excluding carboxylic acids is 1. The maximum Gasteiger partial charge on any atom is 0.343 e. The number of hydrogen-bond donors (Lipinski definition) is 1. The van der Waals surface area contributed by atoms with E-state index in [-0.39, 0.29) is 12.0 Å². The van der Waals surface area contributed by atoms with E-state index in [1.54, 1.807) is 0 Å². The molecule has 0 amide bonds. The Hall–Kier alpha value is -1.39. The number of ether oxygens (including phenoxy) is 1. The third-order valence-corrected chi connectivity index (χ3v) is 6.76. The first-order valence-electron chi connectivity index (χ1n) is 9.35. The zero-order valence-electron chi connectivity index (χ0n) is 14.5. The van der Waals surface area contributed by atoms with Crippen molar-refractivity contribution in [3.8, 4) is 0 Å². The van der Waals surface area contributed by atoms with Gasteiger partial charge in [0.25, 0.3) is 0 Å². The van der Waals surface area contributed by atoms with Crippen LogP contribution in [0.3, 0.4) is 0 Å². The second kappa shape index (κ2) is 5.85. The quantitative estimate of drug-likeness (QED) is 0.682. The molecule has 4 atom stereocenters. The zero-order chi connectivity index (χ0) is 16.8. The molecule has 4 nitrogen and oxygen atoms in total. The molecule has 2 aliphatic heterocycles. The molecule has 1 aromatic rings. The summed E-state index contributed by atoms with van der Waals surface area (Å²) in [5.74, 6) is -0.463. The largest absolute Gasteiger partial charge is 0.454 e. The van der Waals surface area contributed by atoms with Crippen LogP contribution in [-0.4, -0.2) is 47.8 Å². The van der Waals surface area contributed by atoms with Gasteiger partial charge in [-0.15, -0.1) is 0 Å². The molecule has 3 fully saturated rings. The molecule has 2 heterocycles. The summed E-state index contributed by atoms with van der Waals surface area (Å²) in [7, 11) is 2.25. The molecule has 3 aliphatic rings. The Kier molecular flexibility index (Phi) is 3.92. The van der Waals surface area contributed by atoms with Crippen molar-refractivity contribution in [3.05, 3.63) is 35.9 Å². The predicted molar refractivity (Wildman–Crippen MR) is 91.1 cm³/mol. The van der Waals surface area contributed by atoms with Crippen molar-refractivity contribution in [3.63, 3.8) is 0 Å².